The van der Waals surface area contributed by atoms with E-state index >= 15 is 0 Å². The smallest absolute Gasteiger partial charge is 0.236 e. The second-order valence-corrected chi connectivity index (χ2v) is 7.14. The van der Waals surface area contributed by atoms with Crippen molar-refractivity contribution in [2.45, 2.75) is 32.6 Å². The van der Waals surface area contributed by atoms with Crippen LogP contribution in [0.15, 0.2) is 36.4 Å². The zero-order valence-electron chi connectivity index (χ0n) is 15.7. The minimum Gasteiger partial charge on any atom is -0.383 e. The molecule has 2 aromatic rings. The summed E-state index contributed by atoms with van der Waals surface area (Å²) in [6.45, 7) is 6.82. The van der Waals surface area contributed by atoms with Crippen LogP contribution in [0.4, 0.5) is 17.1 Å². The van der Waals surface area contributed by atoms with E-state index in [2.05, 4.69) is 23.6 Å². The number of carbonyl (C=O) groups is 2. The van der Waals surface area contributed by atoms with Gasteiger partial charge in [0.15, 0.2) is 0 Å². The highest BCUT2D eigenvalue weighted by atomic mass is 16.2. The maximum Gasteiger partial charge on any atom is 0.236 e. The van der Waals surface area contributed by atoms with Gasteiger partial charge in [-0.1, -0.05) is 31.2 Å². The summed E-state index contributed by atoms with van der Waals surface area (Å²) in [5.74, 6) is 0.102. The molecule has 0 aliphatic carbocycles. The maximum absolute atomic E-state index is 12.5. The first-order valence-electron chi connectivity index (χ1n) is 8.92. The fourth-order valence-electron chi connectivity index (χ4n) is 3.57. The molecule has 2 amide bonds. The fourth-order valence-corrected chi connectivity index (χ4v) is 3.57. The zero-order valence-corrected chi connectivity index (χ0v) is 15.7. The number of hydrogen-bond donors (Lipinski definition) is 2. The largest absolute Gasteiger partial charge is 0.383 e. The summed E-state index contributed by atoms with van der Waals surface area (Å²) in [4.78, 5) is 25.2. The van der Waals surface area contributed by atoms with Gasteiger partial charge in [0, 0.05) is 24.8 Å². The average Bonchev–Trinajstić information content (AvgIpc) is 2.81. The van der Waals surface area contributed by atoms with Crippen molar-refractivity contribution in [2.75, 3.05) is 29.1 Å². The standard InChI is InChI=1S/C21H25N3O2/c1-5-11-22-19-15(7-6-8-17(19)23-13-25)14-9-10-16-18(12-14)24(4)20(26)21(16,2)3/h6-10,12-13,22H,5,11H2,1-4H3,(H,23,25). The number of nitrogens with one attached hydrogen (secondary N) is 2. The molecule has 0 aromatic heterocycles. The predicted octanol–water partition coefficient (Wildman–Crippen LogP) is 4.00. The lowest BCUT2D eigenvalue weighted by Gasteiger charge is -2.18. The van der Waals surface area contributed by atoms with Gasteiger partial charge in [-0.25, -0.2) is 0 Å². The third kappa shape index (κ3) is 2.83. The molecule has 0 spiro atoms. The minimum atomic E-state index is -0.507. The van der Waals surface area contributed by atoms with Gasteiger partial charge >= 0.3 is 0 Å². The van der Waals surface area contributed by atoms with Gasteiger partial charge in [0.25, 0.3) is 0 Å². The topological polar surface area (TPSA) is 61.4 Å². The molecule has 0 bridgehead atoms. The van der Waals surface area contributed by atoms with Crippen LogP contribution in [0.25, 0.3) is 11.1 Å². The molecule has 2 N–H and O–H groups in total. The molecule has 5 nitrogen and oxygen atoms in total. The molecule has 2 aromatic carbocycles. The number of carbonyl (C=O) groups excluding carboxylic acids is 2. The average molecular weight is 351 g/mol. The number of hydrogen-bond acceptors (Lipinski definition) is 3. The van der Waals surface area contributed by atoms with Crippen LogP contribution in [0.2, 0.25) is 0 Å². The third-order valence-corrected chi connectivity index (χ3v) is 5.01. The lowest BCUT2D eigenvalue weighted by molar-refractivity contribution is -0.121. The number of fused-ring (bicyclic) bond motifs is 1. The van der Waals surface area contributed by atoms with Crippen LogP contribution in [0, 0.1) is 0 Å². The number of amides is 2. The SMILES string of the molecule is CCCNc1c(NC=O)cccc1-c1ccc2c(c1)N(C)C(=O)C2(C)C. The molecule has 0 radical (unpaired) electrons. The van der Waals surface area contributed by atoms with Crippen LogP contribution >= 0.6 is 0 Å². The number of benzene rings is 2. The Morgan fingerprint density at radius 1 is 1.19 bits per heavy atom. The Hall–Kier alpha value is -2.82. The van der Waals surface area contributed by atoms with Crippen molar-refractivity contribution in [3.63, 3.8) is 0 Å². The lowest BCUT2D eigenvalue weighted by Crippen LogP contribution is -2.33. The Bertz CT molecular complexity index is 858. The van der Waals surface area contributed by atoms with Gasteiger partial charge in [0.2, 0.25) is 12.3 Å². The molecule has 3 rings (SSSR count). The first-order valence-corrected chi connectivity index (χ1v) is 8.92. The molecule has 0 atom stereocenters. The van der Waals surface area contributed by atoms with Crippen LogP contribution in [0.5, 0.6) is 0 Å². The van der Waals surface area contributed by atoms with Gasteiger partial charge in [-0.2, -0.15) is 0 Å². The van der Waals surface area contributed by atoms with Crippen LogP contribution in [-0.4, -0.2) is 25.9 Å². The summed E-state index contributed by atoms with van der Waals surface area (Å²) in [6.07, 6.45) is 1.67. The first-order chi connectivity index (χ1) is 12.4. The minimum absolute atomic E-state index is 0.102. The van der Waals surface area contributed by atoms with E-state index in [0.29, 0.717) is 6.41 Å². The molecule has 0 fully saturated rings. The maximum atomic E-state index is 12.5. The quantitative estimate of drug-likeness (QED) is 0.774. The van der Waals surface area contributed by atoms with Gasteiger partial charge < -0.3 is 15.5 Å². The zero-order chi connectivity index (χ0) is 18.9. The van der Waals surface area contributed by atoms with Crippen molar-refractivity contribution in [1.82, 2.24) is 0 Å². The molecule has 0 saturated carbocycles. The van der Waals surface area contributed by atoms with Gasteiger partial charge in [0.05, 0.1) is 16.8 Å². The Morgan fingerprint density at radius 2 is 1.96 bits per heavy atom. The number of rotatable bonds is 6. The summed E-state index contributed by atoms with van der Waals surface area (Å²) in [5.41, 5.74) is 5.12. The summed E-state index contributed by atoms with van der Waals surface area (Å²) in [7, 11) is 1.82. The van der Waals surface area contributed by atoms with Gasteiger partial charge in [-0.05, 0) is 43.5 Å². The molecule has 0 saturated heterocycles. The van der Waals surface area contributed by atoms with E-state index in [-0.39, 0.29) is 5.91 Å². The Morgan fingerprint density at radius 3 is 2.65 bits per heavy atom. The van der Waals surface area contributed by atoms with Gasteiger partial charge in [-0.3, -0.25) is 9.59 Å². The van der Waals surface area contributed by atoms with Gasteiger partial charge in [0.1, 0.15) is 0 Å². The monoisotopic (exact) mass is 351 g/mol. The van der Waals surface area contributed by atoms with Crippen molar-refractivity contribution < 1.29 is 9.59 Å². The molecule has 136 valence electrons. The second kappa shape index (κ2) is 6.83. The van der Waals surface area contributed by atoms with Gasteiger partial charge in [-0.15, -0.1) is 0 Å². The molecule has 1 aliphatic rings. The summed E-state index contributed by atoms with van der Waals surface area (Å²) < 4.78 is 0. The number of para-hydroxylation sites is 1. The van der Waals surface area contributed by atoms with Crippen LogP contribution in [0.1, 0.15) is 32.8 Å². The first kappa shape index (κ1) is 18.0. The highest BCUT2D eigenvalue weighted by Gasteiger charge is 2.42. The van der Waals surface area contributed by atoms with E-state index in [9.17, 15) is 9.59 Å². The van der Waals surface area contributed by atoms with E-state index in [0.717, 1.165) is 46.7 Å². The molecule has 26 heavy (non-hydrogen) atoms. The number of likely N-dealkylation sites (N-methyl/N-ethyl adjacent to an activating group) is 1. The third-order valence-electron chi connectivity index (χ3n) is 5.01. The molecule has 0 unspecified atom stereocenters. The number of nitrogens with zero attached hydrogens (tertiary/aromatic N) is 1. The molecule has 1 heterocycles. The van der Waals surface area contributed by atoms with E-state index in [1.807, 2.05) is 51.2 Å². The Labute approximate surface area is 154 Å². The predicted molar refractivity (Wildman–Crippen MR) is 107 cm³/mol. The molecular formula is C21H25N3O2. The fraction of sp³-hybridized carbons (Fsp3) is 0.333. The van der Waals surface area contributed by atoms with Crippen LogP contribution in [0.3, 0.4) is 0 Å². The Kier molecular flexibility index (Phi) is 4.72. The highest BCUT2D eigenvalue weighted by Crippen LogP contribution is 2.44. The molecule has 1 aliphatic heterocycles. The van der Waals surface area contributed by atoms with Crippen molar-refractivity contribution >= 4 is 29.4 Å². The van der Waals surface area contributed by atoms with E-state index in [1.54, 1.807) is 4.90 Å². The summed E-state index contributed by atoms with van der Waals surface area (Å²) in [5, 5.41) is 6.19. The summed E-state index contributed by atoms with van der Waals surface area (Å²) >= 11 is 0. The van der Waals surface area contributed by atoms with Crippen molar-refractivity contribution in [3.8, 4) is 11.1 Å². The molecule has 5 heteroatoms. The van der Waals surface area contributed by atoms with Crippen LogP contribution < -0.4 is 15.5 Å². The lowest BCUT2D eigenvalue weighted by atomic mass is 9.85. The van der Waals surface area contributed by atoms with Crippen molar-refractivity contribution in [3.05, 3.63) is 42.0 Å². The highest BCUT2D eigenvalue weighted by molar-refractivity contribution is 6.08. The van der Waals surface area contributed by atoms with Crippen molar-refractivity contribution in [2.24, 2.45) is 0 Å². The van der Waals surface area contributed by atoms with Crippen molar-refractivity contribution in [1.29, 1.82) is 0 Å². The Balaban J connectivity index is 2.12. The number of anilines is 3. The summed E-state index contributed by atoms with van der Waals surface area (Å²) in [6, 6.07) is 12.0. The van der Waals surface area contributed by atoms with E-state index in [1.165, 1.54) is 0 Å². The normalized spacial score (nSPS) is 14.9. The van der Waals surface area contributed by atoms with E-state index < -0.39 is 5.41 Å². The second-order valence-electron chi connectivity index (χ2n) is 7.14. The molecular weight excluding hydrogens is 326 g/mol. The van der Waals surface area contributed by atoms with Crippen LogP contribution in [-0.2, 0) is 15.0 Å². The van der Waals surface area contributed by atoms with E-state index in [4.69, 9.17) is 0 Å².